The van der Waals surface area contributed by atoms with Crippen LogP contribution in [0, 0.1) is 13.8 Å². The van der Waals surface area contributed by atoms with E-state index in [0.29, 0.717) is 0 Å². The maximum absolute atomic E-state index is 5.37. The van der Waals surface area contributed by atoms with Crippen molar-refractivity contribution in [3.05, 3.63) is 82.6 Å². The second kappa shape index (κ2) is 8.10. The molecule has 0 aliphatic carbocycles. The van der Waals surface area contributed by atoms with Gasteiger partial charge in [-0.15, -0.1) is 34.0 Å². The van der Waals surface area contributed by atoms with Gasteiger partial charge in [0.2, 0.25) is 0 Å². The first-order chi connectivity index (χ1) is 16.1. The van der Waals surface area contributed by atoms with Gasteiger partial charge in [0, 0.05) is 46.6 Å². The van der Waals surface area contributed by atoms with Crippen LogP contribution < -0.4 is 4.74 Å². The minimum Gasteiger partial charge on any atom is -0.497 e. The predicted molar refractivity (Wildman–Crippen MR) is 145 cm³/mol. The minimum atomic E-state index is 0.857. The lowest BCUT2D eigenvalue weighted by Crippen LogP contribution is -1.85. The van der Waals surface area contributed by atoms with Crippen molar-refractivity contribution in [2.75, 3.05) is 7.11 Å². The first-order valence-electron chi connectivity index (χ1n) is 10.8. The molecule has 0 bridgehead atoms. The number of thiazole rings is 1. The Morgan fingerprint density at radius 2 is 1.24 bits per heavy atom. The molecule has 3 aromatic carbocycles. The SMILES string of the molecule is COc1ccc(-c2nc(-c3c(C)sc4ccccc34)c(-c3c(C)sc4ccccc34)s2)cc1. The third-order valence-corrected chi connectivity index (χ3v) is 9.27. The molecule has 0 saturated carbocycles. The second-order valence-corrected chi connectivity index (χ2v) is 11.5. The van der Waals surface area contributed by atoms with Crippen molar-refractivity contribution < 1.29 is 4.74 Å². The van der Waals surface area contributed by atoms with Crippen molar-refractivity contribution in [1.29, 1.82) is 0 Å². The molecule has 6 aromatic rings. The second-order valence-electron chi connectivity index (χ2n) is 7.98. The number of aromatic nitrogens is 1. The Hall–Kier alpha value is -2.99. The smallest absolute Gasteiger partial charge is 0.124 e. The number of ether oxygens (including phenoxy) is 1. The van der Waals surface area contributed by atoms with Gasteiger partial charge in [-0.3, -0.25) is 0 Å². The zero-order chi connectivity index (χ0) is 22.5. The standard InChI is InChI=1S/C28H21NOS3/c1-16-24(20-8-4-6-10-22(20)31-16)26-27(25-17(2)32-23-11-7-5-9-21(23)25)33-28(29-26)18-12-14-19(30-3)15-13-18/h4-15H,1-3H3. The third kappa shape index (κ3) is 3.39. The molecule has 33 heavy (non-hydrogen) atoms. The maximum Gasteiger partial charge on any atom is 0.124 e. The summed E-state index contributed by atoms with van der Waals surface area (Å²) in [5.41, 5.74) is 4.78. The fourth-order valence-electron chi connectivity index (χ4n) is 4.43. The molecule has 0 amide bonds. The number of nitrogens with zero attached hydrogens (tertiary/aromatic N) is 1. The van der Waals surface area contributed by atoms with E-state index >= 15 is 0 Å². The number of methoxy groups -OCH3 is 1. The Kier molecular flexibility index (Phi) is 5.06. The highest BCUT2D eigenvalue weighted by Crippen LogP contribution is 2.50. The fourth-order valence-corrected chi connectivity index (χ4v) is 7.82. The molecule has 0 spiro atoms. The van der Waals surface area contributed by atoms with Crippen LogP contribution in [0.2, 0.25) is 0 Å². The molecular weight excluding hydrogens is 463 g/mol. The number of hydrogen-bond acceptors (Lipinski definition) is 5. The van der Waals surface area contributed by atoms with E-state index in [1.54, 1.807) is 18.4 Å². The van der Waals surface area contributed by atoms with Crippen LogP contribution in [0.3, 0.4) is 0 Å². The summed E-state index contributed by atoms with van der Waals surface area (Å²) in [7, 11) is 1.70. The van der Waals surface area contributed by atoms with Crippen molar-refractivity contribution in [2.45, 2.75) is 13.8 Å². The summed E-state index contributed by atoms with van der Waals surface area (Å²) in [6.45, 7) is 4.45. The summed E-state index contributed by atoms with van der Waals surface area (Å²) in [5, 5.41) is 3.63. The van der Waals surface area contributed by atoms with Gasteiger partial charge in [0.1, 0.15) is 10.8 Å². The number of fused-ring (bicyclic) bond motifs is 2. The van der Waals surface area contributed by atoms with Crippen molar-refractivity contribution in [2.24, 2.45) is 0 Å². The van der Waals surface area contributed by atoms with Crippen LogP contribution in [0.5, 0.6) is 5.75 Å². The van der Waals surface area contributed by atoms with Gasteiger partial charge in [0.05, 0.1) is 17.7 Å². The monoisotopic (exact) mass is 483 g/mol. The molecule has 3 aromatic heterocycles. The molecule has 0 fully saturated rings. The molecule has 162 valence electrons. The van der Waals surface area contributed by atoms with Gasteiger partial charge < -0.3 is 4.74 Å². The molecule has 0 aliphatic rings. The highest BCUT2D eigenvalue weighted by molar-refractivity contribution is 7.22. The number of benzene rings is 3. The van der Waals surface area contributed by atoms with Crippen molar-refractivity contribution in [3.63, 3.8) is 0 Å². The molecule has 0 atom stereocenters. The summed E-state index contributed by atoms with van der Waals surface area (Å²) in [6.07, 6.45) is 0. The Bertz CT molecular complexity index is 1520. The molecule has 0 radical (unpaired) electrons. The minimum absolute atomic E-state index is 0.857. The molecule has 6 rings (SSSR count). The van der Waals surface area contributed by atoms with E-state index in [4.69, 9.17) is 9.72 Å². The van der Waals surface area contributed by atoms with E-state index in [9.17, 15) is 0 Å². The first kappa shape index (κ1) is 20.6. The summed E-state index contributed by atoms with van der Waals surface area (Å²) >= 11 is 5.50. The molecule has 0 aliphatic heterocycles. The van der Waals surface area contributed by atoms with Gasteiger partial charge >= 0.3 is 0 Å². The number of hydrogen-bond donors (Lipinski definition) is 0. The van der Waals surface area contributed by atoms with Gasteiger partial charge in [-0.2, -0.15) is 0 Å². The van der Waals surface area contributed by atoms with Gasteiger partial charge in [-0.1, -0.05) is 36.4 Å². The van der Waals surface area contributed by atoms with E-state index < -0.39 is 0 Å². The van der Waals surface area contributed by atoms with E-state index in [1.165, 1.54) is 45.9 Å². The summed E-state index contributed by atoms with van der Waals surface area (Å²) in [6, 6.07) is 25.6. The molecule has 5 heteroatoms. The van der Waals surface area contributed by atoms with Gasteiger partial charge in [-0.05, 0) is 50.2 Å². The van der Waals surface area contributed by atoms with Gasteiger partial charge in [-0.25, -0.2) is 4.98 Å². The topological polar surface area (TPSA) is 22.1 Å². The lowest BCUT2D eigenvalue weighted by atomic mass is 10.0. The van der Waals surface area contributed by atoms with E-state index in [-0.39, 0.29) is 0 Å². The quantitative estimate of drug-likeness (QED) is 0.249. The van der Waals surface area contributed by atoms with Crippen LogP contribution in [0.25, 0.3) is 52.4 Å². The van der Waals surface area contributed by atoms with Gasteiger partial charge in [0.25, 0.3) is 0 Å². The molecule has 3 heterocycles. The lowest BCUT2D eigenvalue weighted by Gasteiger charge is -2.04. The summed E-state index contributed by atoms with van der Waals surface area (Å²) in [5.74, 6) is 0.857. The summed E-state index contributed by atoms with van der Waals surface area (Å²) < 4.78 is 7.99. The maximum atomic E-state index is 5.37. The summed E-state index contributed by atoms with van der Waals surface area (Å²) in [4.78, 5) is 9.17. The van der Waals surface area contributed by atoms with E-state index in [2.05, 4.69) is 74.5 Å². The van der Waals surface area contributed by atoms with Crippen LogP contribution >= 0.6 is 34.0 Å². The number of aryl methyl sites for hydroxylation is 2. The molecule has 0 saturated heterocycles. The van der Waals surface area contributed by atoms with Crippen molar-refractivity contribution in [1.82, 2.24) is 4.98 Å². The highest BCUT2D eigenvalue weighted by atomic mass is 32.1. The van der Waals surface area contributed by atoms with Crippen LogP contribution in [-0.2, 0) is 0 Å². The highest BCUT2D eigenvalue weighted by Gasteiger charge is 2.24. The van der Waals surface area contributed by atoms with Crippen LogP contribution in [0.1, 0.15) is 9.75 Å². The fraction of sp³-hybridized carbons (Fsp3) is 0.107. The molecule has 2 nitrogen and oxygen atoms in total. The van der Waals surface area contributed by atoms with Crippen LogP contribution in [-0.4, -0.2) is 12.1 Å². The molecular formula is C28H21NOS3. The third-order valence-electron chi connectivity index (χ3n) is 5.97. The number of rotatable bonds is 4. The van der Waals surface area contributed by atoms with Crippen LogP contribution in [0.15, 0.2) is 72.8 Å². The Labute approximate surface area is 204 Å². The normalized spacial score (nSPS) is 11.5. The van der Waals surface area contributed by atoms with E-state index in [1.807, 2.05) is 34.8 Å². The Balaban J connectivity index is 1.66. The molecule has 0 unspecified atom stereocenters. The van der Waals surface area contributed by atoms with Crippen molar-refractivity contribution in [3.8, 4) is 38.0 Å². The van der Waals surface area contributed by atoms with E-state index in [0.717, 1.165) is 22.0 Å². The first-order valence-corrected chi connectivity index (χ1v) is 13.2. The zero-order valence-electron chi connectivity index (χ0n) is 18.5. The molecule has 0 N–H and O–H groups in total. The van der Waals surface area contributed by atoms with Crippen molar-refractivity contribution >= 4 is 54.2 Å². The van der Waals surface area contributed by atoms with Gasteiger partial charge in [0.15, 0.2) is 0 Å². The average molecular weight is 484 g/mol. The Morgan fingerprint density at radius 1 is 0.667 bits per heavy atom. The lowest BCUT2D eigenvalue weighted by molar-refractivity contribution is 0.415. The average Bonchev–Trinajstić information content (AvgIpc) is 3.50. The zero-order valence-corrected chi connectivity index (χ0v) is 21.0. The van der Waals surface area contributed by atoms with Crippen LogP contribution in [0.4, 0.5) is 0 Å². The number of thiophene rings is 2. The predicted octanol–water partition coefficient (Wildman–Crippen LogP) is 9.20. The largest absolute Gasteiger partial charge is 0.497 e. The Morgan fingerprint density at radius 3 is 1.88 bits per heavy atom.